The first-order valence-corrected chi connectivity index (χ1v) is 8.50. The minimum Gasteiger partial charge on any atom is -0.390 e. The SMILES string of the molecule is O=C(CNC(=O)c1ccc(Cl)c(Cl)c1)N[C@H]1c2ccccc2C[C@H]1O. The fraction of sp³-hybridized carbons (Fsp3) is 0.222. The summed E-state index contributed by atoms with van der Waals surface area (Å²) < 4.78 is 0. The Bertz CT molecular complexity index is 826. The minimum atomic E-state index is -0.674. The fourth-order valence-corrected chi connectivity index (χ4v) is 3.17. The summed E-state index contributed by atoms with van der Waals surface area (Å²) in [6.45, 7) is -0.204. The molecular weight excluding hydrogens is 363 g/mol. The van der Waals surface area contributed by atoms with Gasteiger partial charge in [-0.2, -0.15) is 0 Å². The molecule has 5 nitrogen and oxygen atoms in total. The van der Waals surface area contributed by atoms with Gasteiger partial charge >= 0.3 is 0 Å². The second-order valence-corrected chi connectivity index (χ2v) is 6.64. The first kappa shape index (κ1) is 17.7. The van der Waals surface area contributed by atoms with Crippen molar-refractivity contribution in [2.24, 2.45) is 0 Å². The molecule has 2 amide bonds. The average Bonchev–Trinajstić information content (AvgIpc) is 2.91. The Morgan fingerprint density at radius 1 is 1.12 bits per heavy atom. The summed E-state index contributed by atoms with van der Waals surface area (Å²) in [7, 11) is 0. The Morgan fingerprint density at radius 2 is 1.88 bits per heavy atom. The van der Waals surface area contributed by atoms with Crippen LogP contribution >= 0.6 is 23.2 Å². The van der Waals surface area contributed by atoms with Gasteiger partial charge in [-0.05, 0) is 29.3 Å². The van der Waals surface area contributed by atoms with Gasteiger partial charge in [-0.1, -0.05) is 47.5 Å². The number of amides is 2. The summed E-state index contributed by atoms with van der Waals surface area (Å²) in [6, 6.07) is 11.6. The number of aliphatic hydroxyl groups is 1. The highest BCUT2D eigenvalue weighted by molar-refractivity contribution is 6.42. The van der Waals surface area contributed by atoms with Gasteiger partial charge in [-0.25, -0.2) is 0 Å². The van der Waals surface area contributed by atoms with Crippen molar-refractivity contribution in [3.05, 3.63) is 69.2 Å². The molecule has 0 aromatic heterocycles. The third-order valence-electron chi connectivity index (χ3n) is 4.11. The molecule has 0 saturated heterocycles. The molecule has 0 fully saturated rings. The number of hydrogen-bond donors (Lipinski definition) is 3. The summed E-state index contributed by atoms with van der Waals surface area (Å²) in [6.07, 6.45) is -0.177. The smallest absolute Gasteiger partial charge is 0.251 e. The van der Waals surface area contributed by atoms with Crippen LogP contribution in [0.3, 0.4) is 0 Å². The maximum Gasteiger partial charge on any atom is 0.251 e. The van der Waals surface area contributed by atoms with E-state index in [1.54, 1.807) is 0 Å². The number of aliphatic hydroxyl groups excluding tert-OH is 1. The van der Waals surface area contributed by atoms with E-state index in [4.69, 9.17) is 23.2 Å². The fourth-order valence-electron chi connectivity index (χ4n) is 2.87. The number of carbonyl (C=O) groups excluding carboxylic acids is 2. The zero-order chi connectivity index (χ0) is 18.0. The van der Waals surface area contributed by atoms with Gasteiger partial charge in [-0.15, -0.1) is 0 Å². The van der Waals surface area contributed by atoms with Gasteiger partial charge in [0.15, 0.2) is 0 Å². The van der Waals surface area contributed by atoms with Crippen molar-refractivity contribution in [3.63, 3.8) is 0 Å². The van der Waals surface area contributed by atoms with E-state index in [1.807, 2.05) is 24.3 Å². The maximum atomic E-state index is 12.1. The summed E-state index contributed by atoms with van der Waals surface area (Å²) in [5, 5.41) is 16.0. The zero-order valence-electron chi connectivity index (χ0n) is 13.1. The largest absolute Gasteiger partial charge is 0.390 e. The van der Waals surface area contributed by atoms with Crippen LogP contribution in [0.25, 0.3) is 0 Å². The molecule has 0 unspecified atom stereocenters. The molecule has 0 radical (unpaired) electrons. The molecule has 7 heteroatoms. The molecule has 0 aliphatic heterocycles. The number of fused-ring (bicyclic) bond motifs is 1. The second kappa shape index (κ2) is 7.44. The van der Waals surface area contributed by atoms with Crippen LogP contribution in [0.1, 0.15) is 27.5 Å². The lowest BCUT2D eigenvalue weighted by Crippen LogP contribution is -2.41. The lowest BCUT2D eigenvalue weighted by Gasteiger charge is -2.18. The van der Waals surface area contributed by atoms with E-state index >= 15 is 0 Å². The van der Waals surface area contributed by atoms with Gasteiger partial charge in [0.05, 0.1) is 28.7 Å². The molecule has 0 bridgehead atoms. The van der Waals surface area contributed by atoms with Crippen LogP contribution < -0.4 is 10.6 Å². The van der Waals surface area contributed by atoms with E-state index in [0.717, 1.165) is 11.1 Å². The molecule has 3 rings (SSSR count). The third kappa shape index (κ3) is 3.95. The topological polar surface area (TPSA) is 78.4 Å². The average molecular weight is 379 g/mol. The van der Waals surface area contributed by atoms with Gasteiger partial charge in [0.2, 0.25) is 5.91 Å². The van der Waals surface area contributed by atoms with Crippen molar-refractivity contribution in [1.29, 1.82) is 0 Å². The monoisotopic (exact) mass is 378 g/mol. The molecule has 130 valence electrons. The quantitative estimate of drug-likeness (QED) is 0.764. The number of benzene rings is 2. The lowest BCUT2D eigenvalue weighted by molar-refractivity contribution is -0.121. The molecule has 0 heterocycles. The Balaban J connectivity index is 1.58. The van der Waals surface area contributed by atoms with E-state index in [-0.39, 0.29) is 17.5 Å². The van der Waals surface area contributed by atoms with Crippen LogP contribution in [-0.4, -0.2) is 29.6 Å². The van der Waals surface area contributed by atoms with Crippen LogP contribution in [0, 0.1) is 0 Å². The first-order valence-electron chi connectivity index (χ1n) is 7.74. The zero-order valence-corrected chi connectivity index (χ0v) is 14.6. The number of rotatable bonds is 4. The van der Waals surface area contributed by atoms with Gasteiger partial charge in [0.25, 0.3) is 5.91 Å². The van der Waals surface area contributed by atoms with Crippen LogP contribution in [0.5, 0.6) is 0 Å². The highest BCUT2D eigenvalue weighted by atomic mass is 35.5. The Kier molecular flexibility index (Phi) is 5.27. The molecule has 2 atom stereocenters. The molecule has 2 aromatic rings. The third-order valence-corrected chi connectivity index (χ3v) is 4.85. The highest BCUT2D eigenvalue weighted by Crippen LogP contribution is 2.31. The lowest BCUT2D eigenvalue weighted by atomic mass is 10.1. The summed E-state index contributed by atoms with van der Waals surface area (Å²) in [5.74, 6) is -0.810. The van der Waals surface area contributed by atoms with Gasteiger partial charge in [0, 0.05) is 12.0 Å². The van der Waals surface area contributed by atoms with E-state index in [1.165, 1.54) is 18.2 Å². The normalized spacial score (nSPS) is 18.5. The second-order valence-electron chi connectivity index (χ2n) is 5.83. The molecule has 1 aliphatic rings. The van der Waals surface area contributed by atoms with Gasteiger partial charge in [0.1, 0.15) is 0 Å². The van der Waals surface area contributed by atoms with Gasteiger partial charge in [-0.3, -0.25) is 9.59 Å². The predicted octanol–water partition coefficient (Wildman–Crippen LogP) is 2.50. The number of carbonyl (C=O) groups is 2. The molecule has 2 aromatic carbocycles. The van der Waals surface area contributed by atoms with Crippen LogP contribution in [0.2, 0.25) is 10.0 Å². The maximum absolute atomic E-state index is 12.1. The minimum absolute atomic E-state index is 0.204. The number of nitrogens with one attached hydrogen (secondary N) is 2. The predicted molar refractivity (Wildman–Crippen MR) is 95.8 cm³/mol. The molecular formula is C18H16Cl2N2O3. The van der Waals surface area contributed by atoms with E-state index in [9.17, 15) is 14.7 Å². The van der Waals surface area contributed by atoms with Crippen molar-refractivity contribution in [2.45, 2.75) is 18.6 Å². The Morgan fingerprint density at radius 3 is 2.64 bits per heavy atom. The molecule has 0 saturated carbocycles. The molecule has 0 spiro atoms. The Hall–Kier alpha value is -2.08. The summed E-state index contributed by atoms with van der Waals surface area (Å²) >= 11 is 11.7. The van der Waals surface area contributed by atoms with E-state index in [0.29, 0.717) is 17.0 Å². The van der Waals surface area contributed by atoms with Crippen LogP contribution in [0.15, 0.2) is 42.5 Å². The van der Waals surface area contributed by atoms with Crippen molar-refractivity contribution in [2.75, 3.05) is 6.54 Å². The summed E-state index contributed by atoms with van der Waals surface area (Å²) in [5.41, 5.74) is 2.23. The van der Waals surface area contributed by atoms with Crippen LogP contribution in [0.4, 0.5) is 0 Å². The molecule has 1 aliphatic carbocycles. The van der Waals surface area contributed by atoms with Crippen molar-refractivity contribution >= 4 is 35.0 Å². The van der Waals surface area contributed by atoms with E-state index in [2.05, 4.69) is 10.6 Å². The van der Waals surface area contributed by atoms with Gasteiger partial charge < -0.3 is 15.7 Å². The van der Waals surface area contributed by atoms with Crippen molar-refractivity contribution in [1.82, 2.24) is 10.6 Å². The van der Waals surface area contributed by atoms with Crippen molar-refractivity contribution in [3.8, 4) is 0 Å². The Labute approximate surface area is 154 Å². The standard InChI is InChI=1S/C18H16Cl2N2O3/c19-13-6-5-11(7-14(13)20)18(25)21-9-16(24)22-17-12-4-2-1-3-10(12)8-15(17)23/h1-7,15,17,23H,8-9H2,(H,21,25)(H,22,24)/t15-,17+/m1/s1. The number of hydrogen-bond acceptors (Lipinski definition) is 3. The van der Waals surface area contributed by atoms with Crippen molar-refractivity contribution < 1.29 is 14.7 Å². The molecule has 25 heavy (non-hydrogen) atoms. The molecule has 3 N–H and O–H groups in total. The number of halogens is 2. The summed E-state index contributed by atoms with van der Waals surface area (Å²) in [4.78, 5) is 24.2. The van der Waals surface area contributed by atoms with E-state index < -0.39 is 18.1 Å². The van der Waals surface area contributed by atoms with Crippen LogP contribution in [-0.2, 0) is 11.2 Å². The highest BCUT2D eigenvalue weighted by Gasteiger charge is 2.31. The first-order chi connectivity index (χ1) is 12.0.